The Hall–Kier alpha value is -1.29. The van der Waals surface area contributed by atoms with E-state index in [4.69, 9.17) is 9.47 Å². The fourth-order valence-electron chi connectivity index (χ4n) is 1.83. The maximum absolute atomic E-state index is 11.6. The lowest BCUT2D eigenvalue weighted by Gasteiger charge is -2.11. The van der Waals surface area contributed by atoms with Gasteiger partial charge in [0.1, 0.15) is 14.5 Å². The lowest BCUT2D eigenvalue weighted by atomic mass is 9.97. The van der Waals surface area contributed by atoms with Gasteiger partial charge in [-0.2, -0.15) is 0 Å². The first-order chi connectivity index (χ1) is 7.75. The molecule has 4 heteroatoms. The Morgan fingerprint density at radius 2 is 2.12 bits per heavy atom. The zero-order valence-corrected chi connectivity index (χ0v) is 9.39. The highest BCUT2D eigenvalue weighted by Crippen LogP contribution is 2.17. The Balaban J connectivity index is 1.80. The van der Waals surface area contributed by atoms with Crippen LogP contribution in [0.15, 0.2) is 30.3 Å². The Bertz CT molecular complexity index is 353. The number of ether oxygens (including phenoxy) is 2. The molecule has 1 saturated heterocycles. The number of esters is 1. The normalized spacial score (nSPS) is 24.2. The van der Waals surface area contributed by atoms with Gasteiger partial charge >= 0.3 is 5.97 Å². The van der Waals surface area contributed by atoms with Crippen molar-refractivity contribution >= 4 is 13.8 Å². The lowest BCUT2D eigenvalue weighted by Crippen LogP contribution is -2.19. The summed E-state index contributed by atoms with van der Waals surface area (Å²) in [5.74, 6) is -0.274. The molecule has 1 aromatic rings. The van der Waals surface area contributed by atoms with E-state index in [0.29, 0.717) is 18.2 Å². The highest BCUT2D eigenvalue weighted by atomic mass is 16.6. The predicted octanol–water partition coefficient (Wildman–Crippen LogP) is 0.982. The third-order valence-electron chi connectivity index (χ3n) is 2.73. The van der Waals surface area contributed by atoms with Crippen LogP contribution in [0, 0.1) is 0 Å². The van der Waals surface area contributed by atoms with Gasteiger partial charge in [-0.25, -0.2) is 4.79 Å². The van der Waals surface area contributed by atoms with Crippen LogP contribution in [0.5, 0.6) is 0 Å². The van der Waals surface area contributed by atoms with Crippen LogP contribution in [0.25, 0.3) is 0 Å². The van der Waals surface area contributed by atoms with E-state index in [1.54, 1.807) is 12.1 Å². The van der Waals surface area contributed by atoms with Crippen LogP contribution in [0.2, 0.25) is 0 Å². The smallest absolute Gasteiger partial charge is 0.338 e. The van der Waals surface area contributed by atoms with Gasteiger partial charge in [-0.1, -0.05) is 18.2 Å². The van der Waals surface area contributed by atoms with E-state index < -0.39 is 0 Å². The second kappa shape index (κ2) is 5.17. The molecular weight excluding hydrogens is 203 g/mol. The van der Waals surface area contributed by atoms with Gasteiger partial charge in [0.15, 0.2) is 0 Å². The monoisotopic (exact) mass is 218 g/mol. The zero-order valence-electron chi connectivity index (χ0n) is 9.39. The molecule has 1 aliphatic heterocycles. The van der Waals surface area contributed by atoms with Crippen LogP contribution < -0.4 is 0 Å². The van der Waals surface area contributed by atoms with Crippen molar-refractivity contribution in [2.24, 2.45) is 0 Å². The van der Waals surface area contributed by atoms with Gasteiger partial charge in [-0.05, 0) is 25.0 Å². The lowest BCUT2D eigenvalue weighted by molar-refractivity contribution is 0.00951. The molecule has 1 aromatic carbocycles. The minimum atomic E-state index is -0.274. The summed E-state index contributed by atoms with van der Waals surface area (Å²) in [6, 6.07) is 9.31. The molecule has 84 valence electrons. The van der Waals surface area contributed by atoms with Crippen LogP contribution in [0.3, 0.4) is 0 Å². The number of hydrogen-bond donors (Lipinski definition) is 0. The molecule has 0 radical (unpaired) electrons. The van der Waals surface area contributed by atoms with Crippen molar-refractivity contribution in [1.82, 2.24) is 0 Å². The number of benzene rings is 1. The summed E-state index contributed by atoms with van der Waals surface area (Å²) in [6.07, 6.45) is 2.10. The van der Waals surface area contributed by atoms with Crippen LogP contribution in [0.4, 0.5) is 0 Å². The molecule has 0 saturated carbocycles. The SMILES string of the molecule is B[C@H]1CC[C@@H](COC(=O)c2ccccc2)O1. The average molecular weight is 218 g/mol. The maximum Gasteiger partial charge on any atom is 0.338 e. The summed E-state index contributed by atoms with van der Waals surface area (Å²) < 4.78 is 10.8. The van der Waals surface area contributed by atoms with Gasteiger partial charge in [0.2, 0.25) is 0 Å². The van der Waals surface area contributed by atoms with Crippen molar-refractivity contribution in [3.63, 3.8) is 0 Å². The molecule has 16 heavy (non-hydrogen) atoms. The molecule has 2 atom stereocenters. The number of carbonyl (C=O) groups is 1. The number of rotatable bonds is 3. The largest absolute Gasteiger partial charge is 0.459 e. The summed E-state index contributed by atoms with van der Waals surface area (Å²) in [5, 5.41) is 0. The van der Waals surface area contributed by atoms with Crippen LogP contribution in [-0.4, -0.2) is 32.5 Å². The Morgan fingerprint density at radius 3 is 2.75 bits per heavy atom. The molecule has 0 spiro atoms. The van der Waals surface area contributed by atoms with E-state index >= 15 is 0 Å². The summed E-state index contributed by atoms with van der Waals surface area (Å²) in [6.45, 7) is 0.359. The van der Waals surface area contributed by atoms with Crippen molar-refractivity contribution in [2.75, 3.05) is 6.61 Å². The first kappa shape index (κ1) is 11.2. The van der Waals surface area contributed by atoms with E-state index in [1.165, 1.54) is 0 Å². The summed E-state index contributed by atoms with van der Waals surface area (Å²) in [7, 11) is 2.04. The standard InChI is InChI=1S/C12H15BO3/c13-11-7-6-10(16-11)8-15-12(14)9-4-2-1-3-5-9/h1-5,10-11H,6-8,13H2/t10-,11+/m0/s1. The predicted molar refractivity (Wildman–Crippen MR) is 63.2 cm³/mol. The first-order valence-electron chi connectivity index (χ1n) is 5.63. The molecule has 0 bridgehead atoms. The fourth-order valence-corrected chi connectivity index (χ4v) is 1.83. The quantitative estimate of drug-likeness (QED) is 0.560. The third kappa shape index (κ3) is 2.86. The molecule has 0 N–H and O–H groups in total. The molecule has 1 aliphatic rings. The van der Waals surface area contributed by atoms with Gasteiger partial charge in [0, 0.05) is 6.00 Å². The Morgan fingerprint density at radius 1 is 1.38 bits per heavy atom. The van der Waals surface area contributed by atoms with Gasteiger partial charge in [-0.3, -0.25) is 0 Å². The average Bonchev–Trinajstić information content (AvgIpc) is 2.73. The minimum Gasteiger partial charge on any atom is -0.459 e. The summed E-state index contributed by atoms with van der Waals surface area (Å²) in [4.78, 5) is 11.6. The van der Waals surface area contributed by atoms with Crippen molar-refractivity contribution in [3.8, 4) is 0 Å². The molecular formula is C12H15BO3. The molecule has 0 amide bonds. The maximum atomic E-state index is 11.6. The van der Waals surface area contributed by atoms with Crippen molar-refractivity contribution in [3.05, 3.63) is 35.9 Å². The molecule has 2 rings (SSSR count). The van der Waals surface area contributed by atoms with E-state index in [9.17, 15) is 4.79 Å². The molecule has 0 aliphatic carbocycles. The fraction of sp³-hybridized carbons (Fsp3) is 0.417. The van der Waals surface area contributed by atoms with E-state index in [2.05, 4.69) is 0 Å². The topological polar surface area (TPSA) is 35.5 Å². The Labute approximate surface area is 96.2 Å². The third-order valence-corrected chi connectivity index (χ3v) is 2.73. The van der Waals surface area contributed by atoms with E-state index in [0.717, 1.165) is 12.8 Å². The first-order valence-corrected chi connectivity index (χ1v) is 5.63. The Kier molecular flexibility index (Phi) is 3.62. The van der Waals surface area contributed by atoms with Crippen LogP contribution in [-0.2, 0) is 9.47 Å². The van der Waals surface area contributed by atoms with Crippen LogP contribution in [0.1, 0.15) is 23.2 Å². The molecule has 1 fully saturated rings. The van der Waals surface area contributed by atoms with E-state index in [-0.39, 0.29) is 12.1 Å². The van der Waals surface area contributed by atoms with Crippen LogP contribution >= 0.6 is 0 Å². The van der Waals surface area contributed by atoms with Gasteiger partial charge in [0.25, 0.3) is 0 Å². The van der Waals surface area contributed by atoms with Gasteiger partial charge in [-0.15, -0.1) is 0 Å². The number of carbonyl (C=O) groups excluding carboxylic acids is 1. The summed E-state index contributed by atoms with van der Waals surface area (Å²) in [5.41, 5.74) is 0.591. The van der Waals surface area contributed by atoms with Gasteiger partial charge in [0.05, 0.1) is 11.7 Å². The highest BCUT2D eigenvalue weighted by Gasteiger charge is 2.23. The second-order valence-electron chi connectivity index (χ2n) is 4.11. The highest BCUT2D eigenvalue weighted by molar-refractivity contribution is 6.11. The van der Waals surface area contributed by atoms with Crippen molar-refractivity contribution in [2.45, 2.75) is 24.9 Å². The van der Waals surface area contributed by atoms with Crippen molar-refractivity contribution < 1.29 is 14.3 Å². The summed E-state index contributed by atoms with van der Waals surface area (Å²) >= 11 is 0. The van der Waals surface area contributed by atoms with E-state index in [1.807, 2.05) is 26.0 Å². The second-order valence-corrected chi connectivity index (χ2v) is 4.11. The molecule has 3 nitrogen and oxygen atoms in total. The molecule has 0 aromatic heterocycles. The van der Waals surface area contributed by atoms with Crippen molar-refractivity contribution in [1.29, 1.82) is 0 Å². The van der Waals surface area contributed by atoms with Gasteiger partial charge < -0.3 is 9.47 Å². The molecule has 1 heterocycles. The number of hydrogen-bond acceptors (Lipinski definition) is 3. The molecule has 0 unspecified atom stereocenters. The minimum absolute atomic E-state index is 0.0719. The zero-order chi connectivity index (χ0) is 11.4.